The summed E-state index contributed by atoms with van der Waals surface area (Å²) in [6.07, 6.45) is 4.14. The van der Waals surface area contributed by atoms with Crippen molar-refractivity contribution >= 4 is 23.5 Å². The Morgan fingerprint density at radius 3 is 2.50 bits per heavy atom. The highest BCUT2D eigenvalue weighted by Crippen LogP contribution is 2.29. The average molecular weight is 377 g/mol. The Morgan fingerprint density at radius 2 is 1.88 bits per heavy atom. The van der Waals surface area contributed by atoms with Crippen LogP contribution in [0.3, 0.4) is 0 Å². The van der Waals surface area contributed by atoms with Gasteiger partial charge in [-0.1, -0.05) is 23.7 Å². The van der Waals surface area contributed by atoms with E-state index in [1.807, 2.05) is 0 Å². The number of imide groups is 1. The SMILES string of the molecule is CC1(C)C(=O)N(Cc2ccc(Cl)cc2)C(=O)N1C[C@H](O)Cn1ccnc1. The predicted molar refractivity (Wildman–Crippen MR) is 96.4 cm³/mol. The maximum absolute atomic E-state index is 12.8. The third-order valence-corrected chi connectivity index (χ3v) is 4.79. The molecular weight excluding hydrogens is 356 g/mol. The molecule has 1 aromatic heterocycles. The number of aliphatic hydroxyl groups is 1. The minimum atomic E-state index is -1.01. The van der Waals surface area contributed by atoms with E-state index in [0.717, 1.165) is 5.56 Å². The maximum Gasteiger partial charge on any atom is 0.328 e. The molecule has 3 amide bonds. The van der Waals surface area contributed by atoms with E-state index in [4.69, 9.17) is 11.6 Å². The number of urea groups is 1. The summed E-state index contributed by atoms with van der Waals surface area (Å²) in [5.41, 5.74) is -0.202. The third-order valence-electron chi connectivity index (χ3n) is 4.53. The Morgan fingerprint density at radius 1 is 1.19 bits per heavy atom. The molecule has 8 heteroatoms. The number of amides is 3. The smallest absolute Gasteiger partial charge is 0.328 e. The zero-order valence-corrected chi connectivity index (χ0v) is 15.4. The molecule has 138 valence electrons. The Labute approximate surface area is 156 Å². The van der Waals surface area contributed by atoms with Crippen molar-refractivity contribution in [2.24, 2.45) is 0 Å². The van der Waals surface area contributed by atoms with Gasteiger partial charge in [-0.3, -0.25) is 9.69 Å². The molecule has 0 bridgehead atoms. The molecule has 0 spiro atoms. The van der Waals surface area contributed by atoms with Crippen molar-refractivity contribution in [1.29, 1.82) is 0 Å². The number of hydrogen-bond acceptors (Lipinski definition) is 4. The van der Waals surface area contributed by atoms with E-state index in [1.54, 1.807) is 61.4 Å². The minimum Gasteiger partial charge on any atom is -0.389 e. The van der Waals surface area contributed by atoms with E-state index in [9.17, 15) is 14.7 Å². The third kappa shape index (κ3) is 3.59. The van der Waals surface area contributed by atoms with Gasteiger partial charge in [-0.25, -0.2) is 9.78 Å². The number of β-amino-alcohol motifs (C(OH)–C–C–N with tert-alkyl or cyclic N) is 1. The molecule has 1 aliphatic heterocycles. The van der Waals surface area contributed by atoms with Gasteiger partial charge in [0.25, 0.3) is 5.91 Å². The summed E-state index contributed by atoms with van der Waals surface area (Å²) in [5.74, 6) is -0.285. The van der Waals surface area contributed by atoms with Crippen molar-refractivity contribution in [3.8, 4) is 0 Å². The molecule has 1 atom stereocenters. The van der Waals surface area contributed by atoms with Gasteiger partial charge in [0.15, 0.2) is 0 Å². The zero-order valence-electron chi connectivity index (χ0n) is 14.7. The maximum atomic E-state index is 12.8. The minimum absolute atomic E-state index is 0.0624. The summed E-state index contributed by atoms with van der Waals surface area (Å²) in [5, 5.41) is 10.9. The normalized spacial score (nSPS) is 17.8. The van der Waals surface area contributed by atoms with Crippen LogP contribution < -0.4 is 0 Å². The number of imidazole rings is 1. The van der Waals surface area contributed by atoms with Gasteiger partial charge < -0.3 is 14.6 Å². The Kier molecular flexibility index (Phi) is 5.02. The van der Waals surface area contributed by atoms with Crippen LogP contribution >= 0.6 is 11.6 Å². The second kappa shape index (κ2) is 7.09. The fraction of sp³-hybridized carbons (Fsp3) is 0.389. The van der Waals surface area contributed by atoms with Crippen LogP contribution in [0.4, 0.5) is 4.79 Å². The number of rotatable bonds is 6. The summed E-state index contributed by atoms with van der Waals surface area (Å²) in [6.45, 7) is 3.92. The van der Waals surface area contributed by atoms with Gasteiger partial charge in [0, 0.05) is 17.4 Å². The van der Waals surface area contributed by atoms with Crippen LogP contribution in [-0.4, -0.2) is 54.6 Å². The number of carbonyl (C=O) groups is 2. The molecule has 1 saturated heterocycles. The lowest BCUT2D eigenvalue weighted by molar-refractivity contribution is -0.132. The number of benzene rings is 1. The molecular formula is C18H21ClN4O3. The van der Waals surface area contributed by atoms with Crippen LogP contribution in [-0.2, 0) is 17.9 Å². The molecule has 0 unspecified atom stereocenters. The molecule has 0 saturated carbocycles. The number of carbonyl (C=O) groups excluding carboxylic acids is 2. The second-order valence-electron chi connectivity index (χ2n) is 6.88. The molecule has 0 radical (unpaired) electrons. The molecule has 2 aromatic rings. The summed E-state index contributed by atoms with van der Waals surface area (Å²) >= 11 is 5.88. The van der Waals surface area contributed by atoms with E-state index in [0.29, 0.717) is 11.6 Å². The average Bonchev–Trinajstić information content (AvgIpc) is 3.15. The number of nitrogens with zero attached hydrogens (tertiary/aromatic N) is 4. The van der Waals surface area contributed by atoms with Gasteiger partial charge >= 0.3 is 6.03 Å². The first-order valence-electron chi connectivity index (χ1n) is 8.31. The Bertz CT molecular complexity index is 789. The molecule has 0 aliphatic carbocycles. The lowest BCUT2D eigenvalue weighted by Crippen LogP contribution is -2.48. The van der Waals surface area contributed by atoms with E-state index in [2.05, 4.69) is 4.98 Å². The molecule has 1 N–H and O–H groups in total. The van der Waals surface area contributed by atoms with Crippen molar-refractivity contribution < 1.29 is 14.7 Å². The van der Waals surface area contributed by atoms with Crippen LogP contribution in [0.1, 0.15) is 19.4 Å². The van der Waals surface area contributed by atoms with Gasteiger partial charge in [-0.05, 0) is 31.5 Å². The first-order valence-corrected chi connectivity index (χ1v) is 8.68. The largest absolute Gasteiger partial charge is 0.389 e. The standard InChI is InChI=1S/C18H21ClN4O3/c1-18(2)16(25)22(9-13-3-5-14(19)6-4-13)17(26)23(18)11-15(24)10-21-8-7-20-12-21/h3-8,12,15,24H,9-11H2,1-2H3/t15-/m1/s1. The van der Waals surface area contributed by atoms with Crippen LogP contribution in [0.5, 0.6) is 0 Å². The predicted octanol–water partition coefficient (Wildman–Crippen LogP) is 2.14. The first kappa shape index (κ1) is 18.4. The molecule has 1 fully saturated rings. The zero-order chi connectivity index (χ0) is 18.9. The Hall–Kier alpha value is -2.38. The fourth-order valence-electron chi connectivity index (χ4n) is 3.04. The lowest BCUT2D eigenvalue weighted by Gasteiger charge is -2.29. The second-order valence-corrected chi connectivity index (χ2v) is 7.32. The van der Waals surface area contributed by atoms with Crippen molar-refractivity contribution in [3.05, 3.63) is 53.6 Å². The molecule has 3 rings (SSSR count). The highest BCUT2D eigenvalue weighted by molar-refractivity contribution is 6.30. The van der Waals surface area contributed by atoms with E-state index < -0.39 is 17.7 Å². The van der Waals surface area contributed by atoms with Crippen molar-refractivity contribution in [2.75, 3.05) is 6.54 Å². The van der Waals surface area contributed by atoms with Crippen LogP contribution in [0, 0.1) is 0 Å². The number of aliphatic hydroxyl groups excluding tert-OH is 1. The highest BCUT2D eigenvalue weighted by Gasteiger charge is 2.51. The van der Waals surface area contributed by atoms with Gasteiger partial charge in [-0.15, -0.1) is 0 Å². The van der Waals surface area contributed by atoms with Crippen LogP contribution in [0.15, 0.2) is 43.0 Å². The quantitative estimate of drug-likeness (QED) is 0.783. The first-order chi connectivity index (χ1) is 12.3. The van der Waals surface area contributed by atoms with Crippen molar-refractivity contribution in [1.82, 2.24) is 19.4 Å². The van der Waals surface area contributed by atoms with Crippen LogP contribution in [0.2, 0.25) is 5.02 Å². The molecule has 1 aromatic carbocycles. The van der Waals surface area contributed by atoms with E-state index in [-0.39, 0.29) is 19.0 Å². The highest BCUT2D eigenvalue weighted by atomic mass is 35.5. The molecule has 1 aliphatic rings. The van der Waals surface area contributed by atoms with Crippen LogP contribution in [0.25, 0.3) is 0 Å². The van der Waals surface area contributed by atoms with Crippen molar-refractivity contribution in [3.63, 3.8) is 0 Å². The number of hydrogen-bond donors (Lipinski definition) is 1. The lowest BCUT2D eigenvalue weighted by atomic mass is 10.0. The number of halogens is 1. The van der Waals surface area contributed by atoms with E-state index in [1.165, 1.54) is 9.80 Å². The van der Waals surface area contributed by atoms with Gasteiger partial charge in [-0.2, -0.15) is 0 Å². The molecule has 26 heavy (non-hydrogen) atoms. The summed E-state index contributed by atoms with van der Waals surface area (Å²) < 4.78 is 1.73. The Balaban J connectivity index is 1.73. The fourth-order valence-corrected chi connectivity index (χ4v) is 3.17. The topological polar surface area (TPSA) is 78.7 Å². The molecule has 2 heterocycles. The van der Waals surface area contributed by atoms with E-state index >= 15 is 0 Å². The monoisotopic (exact) mass is 376 g/mol. The summed E-state index contributed by atoms with van der Waals surface area (Å²) in [4.78, 5) is 32.1. The molecule has 7 nitrogen and oxygen atoms in total. The van der Waals surface area contributed by atoms with Gasteiger partial charge in [0.1, 0.15) is 5.54 Å². The summed E-state index contributed by atoms with van der Waals surface area (Å²) in [6, 6.07) is 6.61. The van der Waals surface area contributed by atoms with Gasteiger partial charge in [0.05, 0.1) is 32.1 Å². The summed E-state index contributed by atoms with van der Waals surface area (Å²) in [7, 11) is 0. The van der Waals surface area contributed by atoms with Gasteiger partial charge in [0.2, 0.25) is 0 Å². The number of aromatic nitrogens is 2. The van der Waals surface area contributed by atoms with Crippen molar-refractivity contribution in [2.45, 2.75) is 38.6 Å².